The Morgan fingerprint density at radius 1 is 1.30 bits per heavy atom. The van der Waals surface area contributed by atoms with Gasteiger partial charge in [0.2, 0.25) is 0 Å². The van der Waals surface area contributed by atoms with Crippen LogP contribution in [0.1, 0.15) is 34.3 Å². The molecule has 4 N–H and O–H groups in total. The van der Waals surface area contributed by atoms with Gasteiger partial charge in [0.1, 0.15) is 11.9 Å². The molecule has 0 bridgehead atoms. The van der Waals surface area contributed by atoms with Crippen LogP contribution in [0.2, 0.25) is 0 Å². The van der Waals surface area contributed by atoms with Crippen molar-refractivity contribution in [3.8, 4) is 17.3 Å². The van der Waals surface area contributed by atoms with E-state index in [2.05, 4.69) is 39.1 Å². The van der Waals surface area contributed by atoms with Gasteiger partial charge in [-0.15, -0.1) is 0 Å². The zero-order valence-corrected chi connectivity index (χ0v) is 15.3. The predicted molar refractivity (Wildman–Crippen MR) is 103 cm³/mol. The molecule has 1 fully saturated rings. The molecule has 3 heterocycles. The van der Waals surface area contributed by atoms with Crippen LogP contribution < -0.4 is 16.6 Å². The number of hydrogen-bond donors (Lipinski definition) is 3. The lowest BCUT2D eigenvalue weighted by Crippen LogP contribution is -2.24. The molecule has 0 radical (unpaired) electrons. The van der Waals surface area contributed by atoms with Crippen molar-refractivity contribution in [1.82, 2.24) is 25.6 Å². The summed E-state index contributed by atoms with van der Waals surface area (Å²) >= 11 is 0. The number of nitrogens with one attached hydrogen (secondary N) is 2. The summed E-state index contributed by atoms with van der Waals surface area (Å²) in [4.78, 5) is 4.48. The van der Waals surface area contributed by atoms with E-state index >= 15 is 0 Å². The second-order valence-electron chi connectivity index (χ2n) is 6.79. The Morgan fingerprint density at radius 3 is 2.74 bits per heavy atom. The highest BCUT2D eigenvalue weighted by atomic mass is 15.4. The molecule has 0 saturated carbocycles. The zero-order chi connectivity index (χ0) is 19.0. The van der Waals surface area contributed by atoms with Crippen molar-refractivity contribution in [2.24, 2.45) is 7.05 Å². The molecule has 1 saturated heterocycles. The molecule has 2 unspecified atom stereocenters. The monoisotopic (exact) mass is 359 g/mol. The van der Waals surface area contributed by atoms with Crippen LogP contribution in [0.3, 0.4) is 0 Å². The van der Waals surface area contributed by atoms with Crippen molar-refractivity contribution in [2.45, 2.75) is 18.9 Å². The highest BCUT2D eigenvalue weighted by Crippen LogP contribution is 2.38. The Labute approximate surface area is 157 Å². The van der Waals surface area contributed by atoms with Gasteiger partial charge < -0.3 is 5.73 Å². The van der Waals surface area contributed by atoms with Crippen LogP contribution in [0.25, 0.3) is 11.3 Å². The van der Waals surface area contributed by atoms with Gasteiger partial charge in [-0.05, 0) is 24.1 Å². The number of nitrogens with two attached hydrogens (primary N) is 1. The lowest BCUT2D eigenvalue weighted by Gasteiger charge is -2.21. The van der Waals surface area contributed by atoms with Crippen LogP contribution in [0.15, 0.2) is 42.6 Å². The number of pyridine rings is 1. The minimum Gasteiger partial charge on any atom is -0.383 e. The summed E-state index contributed by atoms with van der Waals surface area (Å²) in [5, 5.41) is 14.1. The van der Waals surface area contributed by atoms with Crippen molar-refractivity contribution in [3.05, 3.63) is 65.0 Å². The summed E-state index contributed by atoms with van der Waals surface area (Å²) in [5.74, 6) is 0.315. The normalized spacial score (nSPS) is 19.1. The summed E-state index contributed by atoms with van der Waals surface area (Å²) in [5.41, 5.74) is 17.8. The third kappa shape index (κ3) is 3.05. The summed E-state index contributed by atoms with van der Waals surface area (Å²) in [6.45, 7) is 2.64. The number of aryl methyl sites for hydroxylation is 2. The van der Waals surface area contributed by atoms with E-state index in [1.165, 1.54) is 0 Å². The number of nitrogens with zero attached hydrogens (tertiary/aromatic N) is 4. The van der Waals surface area contributed by atoms with Crippen LogP contribution in [-0.2, 0) is 7.05 Å². The van der Waals surface area contributed by atoms with Crippen molar-refractivity contribution in [2.75, 3.05) is 12.3 Å². The van der Waals surface area contributed by atoms with E-state index in [4.69, 9.17) is 5.73 Å². The first-order chi connectivity index (χ1) is 13.1. The molecule has 27 heavy (non-hydrogen) atoms. The SMILES string of the molecule is Cc1nn(C)cc1-c1cc(C2CNNC2c2ccccc2)c(C#N)c(N)n1. The molecule has 0 spiro atoms. The minimum atomic E-state index is 0.0444. The minimum absolute atomic E-state index is 0.0444. The first-order valence-electron chi connectivity index (χ1n) is 8.83. The number of rotatable bonds is 3. The van der Waals surface area contributed by atoms with Crippen LogP contribution in [-0.4, -0.2) is 21.3 Å². The van der Waals surface area contributed by atoms with E-state index in [0.717, 1.165) is 28.1 Å². The number of nitrogen functional groups attached to an aromatic ring is 1. The van der Waals surface area contributed by atoms with Crippen molar-refractivity contribution in [1.29, 1.82) is 5.26 Å². The second kappa shape index (κ2) is 6.83. The number of nitriles is 1. The number of hydrazine groups is 1. The smallest absolute Gasteiger partial charge is 0.142 e. The van der Waals surface area contributed by atoms with E-state index in [1.807, 2.05) is 44.4 Å². The second-order valence-corrected chi connectivity index (χ2v) is 6.79. The van der Waals surface area contributed by atoms with E-state index in [9.17, 15) is 5.26 Å². The molecule has 0 amide bonds. The summed E-state index contributed by atoms with van der Waals surface area (Å²) in [7, 11) is 1.88. The Balaban J connectivity index is 1.84. The molecule has 7 heteroatoms. The van der Waals surface area contributed by atoms with Crippen molar-refractivity contribution < 1.29 is 0 Å². The van der Waals surface area contributed by atoms with Crippen molar-refractivity contribution in [3.63, 3.8) is 0 Å². The summed E-state index contributed by atoms with van der Waals surface area (Å²) in [6.07, 6.45) is 1.92. The van der Waals surface area contributed by atoms with Crippen LogP contribution in [0, 0.1) is 18.3 Å². The molecule has 3 aromatic rings. The van der Waals surface area contributed by atoms with Gasteiger partial charge in [-0.25, -0.2) is 10.4 Å². The molecule has 4 rings (SSSR count). The fourth-order valence-corrected chi connectivity index (χ4v) is 3.75. The fourth-order valence-electron chi connectivity index (χ4n) is 3.75. The third-order valence-corrected chi connectivity index (χ3v) is 5.02. The molecule has 136 valence electrons. The van der Waals surface area contributed by atoms with E-state index in [0.29, 0.717) is 12.1 Å². The van der Waals surface area contributed by atoms with Gasteiger partial charge in [0.25, 0.3) is 0 Å². The Kier molecular flexibility index (Phi) is 4.36. The standard InChI is InChI=1S/C20H21N7/c1-12-17(11-27(2)26-12)18-8-14(15(9-21)20(22)24-18)16-10-23-25-19(16)13-6-4-3-5-7-13/h3-8,11,16,19,23,25H,10H2,1-2H3,(H2,22,24). The van der Waals surface area contributed by atoms with E-state index in [1.54, 1.807) is 4.68 Å². The van der Waals surface area contributed by atoms with Crippen molar-refractivity contribution >= 4 is 5.82 Å². The maximum Gasteiger partial charge on any atom is 0.142 e. The largest absolute Gasteiger partial charge is 0.383 e. The number of benzene rings is 1. The van der Waals surface area contributed by atoms with Crippen LogP contribution in [0.5, 0.6) is 0 Å². The fraction of sp³-hybridized carbons (Fsp3) is 0.250. The maximum atomic E-state index is 9.71. The molecule has 0 aliphatic carbocycles. The van der Waals surface area contributed by atoms with Gasteiger partial charge in [-0.1, -0.05) is 30.3 Å². The molecule has 2 atom stereocenters. The molecule has 1 aliphatic heterocycles. The average molecular weight is 359 g/mol. The zero-order valence-electron chi connectivity index (χ0n) is 15.3. The summed E-state index contributed by atoms with van der Waals surface area (Å²) < 4.78 is 1.76. The number of hydrogen-bond acceptors (Lipinski definition) is 6. The average Bonchev–Trinajstić information content (AvgIpc) is 3.28. The van der Waals surface area contributed by atoms with Gasteiger partial charge in [0.05, 0.1) is 23.0 Å². The molecule has 1 aromatic carbocycles. The van der Waals surface area contributed by atoms with Gasteiger partial charge in [0, 0.05) is 31.3 Å². The van der Waals surface area contributed by atoms with Gasteiger partial charge in [-0.2, -0.15) is 10.4 Å². The Hall–Kier alpha value is -3.21. The molecule has 2 aromatic heterocycles. The highest BCUT2D eigenvalue weighted by Gasteiger charge is 2.32. The van der Waals surface area contributed by atoms with Gasteiger partial charge in [-0.3, -0.25) is 10.1 Å². The maximum absolute atomic E-state index is 9.71. The van der Waals surface area contributed by atoms with E-state index in [-0.39, 0.29) is 17.8 Å². The predicted octanol–water partition coefficient (Wildman–Crippen LogP) is 2.18. The Bertz CT molecular complexity index is 1020. The molecular formula is C20H21N7. The van der Waals surface area contributed by atoms with Crippen LogP contribution in [0.4, 0.5) is 5.82 Å². The first-order valence-corrected chi connectivity index (χ1v) is 8.83. The lowest BCUT2D eigenvalue weighted by atomic mass is 9.86. The number of anilines is 1. The topological polar surface area (TPSA) is 105 Å². The summed E-state index contributed by atoms with van der Waals surface area (Å²) in [6, 6.07) is 14.5. The van der Waals surface area contributed by atoms with Gasteiger partial charge >= 0.3 is 0 Å². The quantitative estimate of drug-likeness (QED) is 0.662. The highest BCUT2D eigenvalue weighted by molar-refractivity contribution is 5.68. The lowest BCUT2D eigenvalue weighted by molar-refractivity contribution is 0.554. The number of aromatic nitrogens is 3. The third-order valence-electron chi connectivity index (χ3n) is 5.02. The van der Waals surface area contributed by atoms with Gasteiger partial charge in [0.15, 0.2) is 0 Å². The molecular weight excluding hydrogens is 338 g/mol. The van der Waals surface area contributed by atoms with Crippen LogP contribution >= 0.6 is 0 Å². The molecule has 1 aliphatic rings. The first kappa shape index (κ1) is 17.2. The molecule has 7 nitrogen and oxygen atoms in total. The van der Waals surface area contributed by atoms with E-state index < -0.39 is 0 Å². The Morgan fingerprint density at radius 2 is 2.07 bits per heavy atom.